The summed E-state index contributed by atoms with van der Waals surface area (Å²) in [6.07, 6.45) is 4.18. The van der Waals surface area contributed by atoms with E-state index in [0.29, 0.717) is 0 Å². The molecule has 106 valence electrons. The molecule has 1 saturated heterocycles. The highest BCUT2D eigenvalue weighted by Gasteiger charge is 2.32. The van der Waals surface area contributed by atoms with E-state index in [0.717, 1.165) is 31.1 Å². The number of piperazine rings is 1. The Morgan fingerprint density at radius 2 is 1.72 bits per heavy atom. The second-order valence-electron chi connectivity index (χ2n) is 6.42. The Bertz CT molecular complexity index is 227. The third kappa shape index (κ3) is 4.22. The van der Waals surface area contributed by atoms with Gasteiger partial charge in [0.05, 0.1) is 0 Å². The molecule has 2 fully saturated rings. The largest absolute Gasteiger partial charge is 0.315 e. The molecular weight excluding hydrogens is 222 g/mol. The van der Waals surface area contributed by atoms with Gasteiger partial charge in [0.15, 0.2) is 0 Å². The van der Waals surface area contributed by atoms with Gasteiger partial charge in [-0.05, 0) is 31.7 Å². The Labute approximate surface area is 113 Å². The molecule has 0 aromatic rings. The van der Waals surface area contributed by atoms with Crippen LogP contribution in [0, 0.1) is 5.92 Å². The molecular formula is C15H31N3. The fourth-order valence-corrected chi connectivity index (χ4v) is 2.98. The zero-order chi connectivity index (χ0) is 13.0. The Hall–Kier alpha value is -0.120. The first-order chi connectivity index (χ1) is 8.70. The van der Waals surface area contributed by atoms with Crippen molar-refractivity contribution >= 4 is 0 Å². The smallest absolute Gasteiger partial charge is 0.0219 e. The van der Waals surface area contributed by atoms with E-state index in [4.69, 9.17) is 0 Å². The van der Waals surface area contributed by atoms with Gasteiger partial charge in [-0.1, -0.05) is 20.8 Å². The maximum Gasteiger partial charge on any atom is 0.0219 e. The van der Waals surface area contributed by atoms with Crippen LogP contribution in [0.5, 0.6) is 0 Å². The van der Waals surface area contributed by atoms with Gasteiger partial charge in [-0.25, -0.2) is 0 Å². The first kappa shape index (κ1) is 14.3. The lowest BCUT2D eigenvalue weighted by Crippen LogP contribution is -2.53. The van der Waals surface area contributed by atoms with E-state index >= 15 is 0 Å². The van der Waals surface area contributed by atoms with E-state index in [1.54, 1.807) is 0 Å². The van der Waals surface area contributed by atoms with Crippen LogP contribution in [0.1, 0.15) is 40.0 Å². The summed E-state index contributed by atoms with van der Waals surface area (Å²) in [5.41, 5.74) is 0. The molecule has 0 amide bonds. The summed E-state index contributed by atoms with van der Waals surface area (Å²) in [6.45, 7) is 14.4. The molecule has 1 aliphatic carbocycles. The summed E-state index contributed by atoms with van der Waals surface area (Å²) in [4.78, 5) is 5.40. The average Bonchev–Trinajstić information content (AvgIpc) is 3.19. The molecule has 1 N–H and O–H groups in total. The van der Waals surface area contributed by atoms with E-state index in [9.17, 15) is 0 Å². The lowest BCUT2D eigenvalue weighted by molar-refractivity contribution is 0.0886. The molecule has 3 nitrogen and oxygen atoms in total. The number of hydrogen-bond acceptors (Lipinski definition) is 3. The van der Waals surface area contributed by atoms with Crippen molar-refractivity contribution < 1.29 is 0 Å². The predicted octanol–water partition coefficient (Wildman–Crippen LogP) is 1.79. The normalized spacial score (nSPS) is 24.7. The van der Waals surface area contributed by atoms with E-state index in [-0.39, 0.29) is 0 Å². The zero-order valence-electron chi connectivity index (χ0n) is 12.5. The second kappa shape index (κ2) is 6.88. The molecule has 3 heteroatoms. The second-order valence-corrected chi connectivity index (χ2v) is 6.42. The topological polar surface area (TPSA) is 18.5 Å². The summed E-state index contributed by atoms with van der Waals surface area (Å²) in [5.74, 6) is 0.759. The minimum Gasteiger partial charge on any atom is -0.315 e. The van der Waals surface area contributed by atoms with Gasteiger partial charge in [0.25, 0.3) is 0 Å². The van der Waals surface area contributed by atoms with Crippen LogP contribution in [-0.2, 0) is 0 Å². The molecule has 0 aromatic carbocycles. The van der Waals surface area contributed by atoms with Crippen molar-refractivity contribution in [3.05, 3.63) is 0 Å². The molecule has 0 spiro atoms. The van der Waals surface area contributed by atoms with Gasteiger partial charge in [0, 0.05) is 44.8 Å². The molecule has 2 aliphatic rings. The minimum absolute atomic E-state index is 0.741. The third-order valence-corrected chi connectivity index (χ3v) is 4.33. The lowest BCUT2D eigenvalue weighted by Gasteiger charge is -2.39. The summed E-state index contributed by atoms with van der Waals surface area (Å²) in [6, 6.07) is 1.69. The molecule has 1 aliphatic heterocycles. The molecule has 0 radical (unpaired) electrons. The number of nitrogens with one attached hydrogen (secondary N) is 1. The number of rotatable bonds is 7. The SMILES string of the molecule is CCC(CNCC(C)C)N1CCN(C2CC2)CC1. The minimum atomic E-state index is 0.741. The van der Waals surface area contributed by atoms with Crippen LogP contribution in [0.25, 0.3) is 0 Å². The molecule has 1 saturated carbocycles. The summed E-state index contributed by atoms with van der Waals surface area (Å²) in [5, 5.41) is 3.62. The Morgan fingerprint density at radius 1 is 1.06 bits per heavy atom. The van der Waals surface area contributed by atoms with Crippen molar-refractivity contribution in [2.75, 3.05) is 39.3 Å². The van der Waals surface area contributed by atoms with Crippen molar-refractivity contribution in [2.24, 2.45) is 5.92 Å². The molecule has 0 aromatic heterocycles. The zero-order valence-corrected chi connectivity index (χ0v) is 12.5. The Balaban J connectivity index is 1.68. The fourth-order valence-electron chi connectivity index (χ4n) is 2.98. The van der Waals surface area contributed by atoms with Crippen molar-refractivity contribution in [1.29, 1.82) is 0 Å². The predicted molar refractivity (Wildman–Crippen MR) is 78.0 cm³/mol. The number of hydrogen-bond donors (Lipinski definition) is 1. The van der Waals surface area contributed by atoms with Gasteiger partial charge >= 0.3 is 0 Å². The third-order valence-electron chi connectivity index (χ3n) is 4.33. The van der Waals surface area contributed by atoms with Crippen molar-refractivity contribution in [2.45, 2.75) is 52.1 Å². The van der Waals surface area contributed by atoms with E-state index < -0.39 is 0 Å². The van der Waals surface area contributed by atoms with Crippen molar-refractivity contribution in [1.82, 2.24) is 15.1 Å². The average molecular weight is 253 g/mol. The van der Waals surface area contributed by atoms with E-state index in [2.05, 4.69) is 35.9 Å². The highest BCUT2D eigenvalue weighted by Crippen LogP contribution is 2.27. The quantitative estimate of drug-likeness (QED) is 0.746. The van der Waals surface area contributed by atoms with Crippen LogP contribution < -0.4 is 5.32 Å². The van der Waals surface area contributed by atoms with Crippen molar-refractivity contribution in [3.63, 3.8) is 0 Å². The summed E-state index contributed by atoms with van der Waals surface area (Å²) < 4.78 is 0. The van der Waals surface area contributed by atoms with Crippen LogP contribution in [0.4, 0.5) is 0 Å². The monoisotopic (exact) mass is 253 g/mol. The van der Waals surface area contributed by atoms with Gasteiger partial charge in [-0.15, -0.1) is 0 Å². The molecule has 18 heavy (non-hydrogen) atoms. The van der Waals surface area contributed by atoms with Crippen LogP contribution in [0.3, 0.4) is 0 Å². The van der Waals surface area contributed by atoms with Gasteiger partial charge in [-0.3, -0.25) is 9.80 Å². The van der Waals surface area contributed by atoms with Crippen LogP contribution in [-0.4, -0.2) is 61.2 Å². The van der Waals surface area contributed by atoms with Crippen LogP contribution in [0.2, 0.25) is 0 Å². The maximum absolute atomic E-state index is 3.62. The number of nitrogens with zero attached hydrogens (tertiary/aromatic N) is 2. The summed E-state index contributed by atoms with van der Waals surface area (Å²) in [7, 11) is 0. The fraction of sp³-hybridized carbons (Fsp3) is 1.00. The van der Waals surface area contributed by atoms with E-state index in [1.165, 1.54) is 45.4 Å². The first-order valence-corrected chi connectivity index (χ1v) is 7.89. The molecule has 1 unspecified atom stereocenters. The van der Waals surface area contributed by atoms with Gasteiger partial charge < -0.3 is 5.32 Å². The molecule has 0 bridgehead atoms. The van der Waals surface area contributed by atoms with Crippen LogP contribution >= 0.6 is 0 Å². The Morgan fingerprint density at radius 3 is 2.22 bits per heavy atom. The maximum atomic E-state index is 3.62. The van der Waals surface area contributed by atoms with Gasteiger partial charge in [0.2, 0.25) is 0 Å². The molecule has 2 rings (SSSR count). The molecule has 1 atom stereocenters. The van der Waals surface area contributed by atoms with Crippen molar-refractivity contribution in [3.8, 4) is 0 Å². The van der Waals surface area contributed by atoms with E-state index in [1.807, 2.05) is 0 Å². The van der Waals surface area contributed by atoms with Crippen LogP contribution in [0.15, 0.2) is 0 Å². The van der Waals surface area contributed by atoms with Gasteiger partial charge in [-0.2, -0.15) is 0 Å². The first-order valence-electron chi connectivity index (χ1n) is 7.89. The highest BCUT2D eigenvalue weighted by atomic mass is 15.3. The summed E-state index contributed by atoms with van der Waals surface area (Å²) >= 11 is 0. The van der Waals surface area contributed by atoms with Gasteiger partial charge in [0.1, 0.15) is 0 Å². The Kier molecular flexibility index (Phi) is 5.46. The molecule has 1 heterocycles. The lowest BCUT2D eigenvalue weighted by atomic mass is 10.1. The standard InChI is InChI=1S/C15H31N3/c1-4-14(12-16-11-13(2)3)17-7-9-18(10-8-17)15-5-6-15/h13-16H,4-12H2,1-3H3. The highest BCUT2D eigenvalue weighted by molar-refractivity contribution is 4.89.